The Kier molecular flexibility index (Phi) is 2.89. The van der Waals surface area contributed by atoms with Crippen LogP contribution in [0.25, 0.3) is 11.0 Å². The van der Waals surface area contributed by atoms with E-state index in [-0.39, 0.29) is 6.54 Å². The summed E-state index contributed by atoms with van der Waals surface area (Å²) >= 11 is 0. The first kappa shape index (κ1) is 10.0. The number of rotatable bonds is 4. The van der Waals surface area contributed by atoms with Gasteiger partial charge in [0, 0.05) is 18.5 Å². The third-order valence-corrected chi connectivity index (χ3v) is 2.28. The molecule has 15 heavy (non-hydrogen) atoms. The summed E-state index contributed by atoms with van der Waals surface area (Å²) in [5.74, 6) is 0. The van der Waals surface area contributed by atoms with E-state index >= 15 is 0 Å². The van der Waals surface area contributed by atoms with E-state index in [0.717, 1.165) is 16.7 Å². The maximum atomic E-state index is 9.31. The highest BCUT2D eigenvalue weighted by Crippen LogP contribution is 2.24. The molecular weight excluding hydrogens is 192 g/mol. The molecule has 0 fully saturated rings. The SMILES string of the molecule is NCC(O)CNc1coc2ccccc12. The molecule has 0 aliphatic rings. The van der Waals surface area contributed by atoms with Crippen LogP contribution < -0.4 is 11.1 Å². The molecule has 0 radical (unpaired) electrons. The van der Waals surface area contributed by atoms with Gasteiger partial charge >= 0.3 is 0 Å². The molecule has 0 saturated carbocycles. The zero-order chi connectivity index (χ0) is 10.7. The van der Waals surface area contributed by atoms with E-state index in [0.29, 0.717) is 6.54 Å². The van der Waals surface area contributed by atoms with Crippen molar-refractivity contribution in [3.8, 4) is 0 Å². The molecule has 1 aromatic heterocycles. The van der Waals surface area contributed by atoms with Crippen LogP contribution in [0.4, 0.5) is 5.69 Å². The minimum Gasteiger partial charge on any atom is -0.462 e. The Morgan fingerprint density at radius 3 is 3.00 bits per heavy atom. The van der Waals surface area contributed by atoms with Crippen molar-refractivity contribution in [3.63, 3.8) is 0 Å². The summed E-state index contributed by atoms with van der Waals surface area (Å²) in [6.45, 7) is 0.683. The molecule has 0 aliphatic heterocycles. The number of hydrogen-bond acceptors (Lipinski definition) is 4. The maximum absolute atomic E-state index is 9.31. The number of anilines is 1. The number of para-hydroxylation sites is 1. The van der Waals surface area contributed by atoms with Crippen LogP contribution in [0.2, 0.25) is 0 Å². The fourth-order valence-corrected chi connectivity index (χ4v) is 1.43. The van der Waals surface area contributed by atoms with Crippen molar-refractivity contribution < 1.29 is 9.52 Å². The number of aliphatic hydroxyl groups is 1. The molecule has 0 amide bonds. The topological polar surface area (TPSA) is 71.4 Å². The zero-order valence-electron chi connectivity index (χ0n) is 8.31. The largest absolute Gasteiger partial charge is 0.462 e. The Hall–Kier alpha value is -1.52. The van der Waals surface area contributed by atoms with Crippen LogP contribution in [0, 0.1) is 0 Å². The molecule has 4 heteroatoms. The minimum absolute atomic E-state index is 0.253. The highest BCUT2D eigenvalue weighted by atomic mass is 16.3. The van der Waals surface area contributed by atoms with E-state index in [1.165, 1.54) is 0 Å². The smallest absolute Gasteiger partial charge is 0.136 e. The Morgan fingerprint density at radius 1 is 1.40 bits per heavy atom. The van der Waals surface area contributed by atoms with Gasteiger partial charge in [-0.1, -0.05) is 12.1 Å². The molecule has 2 aromatic rings. The second kappa shape index (κ2) is 4.33. The van der Waals surface area contributed by atoms with E-state index in [4.69, 9.17) is 10.2 Å². The fraction of sp³-hybridized carbons (Fsp3) is 0.273. The van der Waals surface area contributed by atoms with Crippen molar-refractivity contribution in [2.24, 2.45) is 5.73 Å². The number of aliphatic hydroxyl groups excluding tert-OH is 1. The van der Waals surface area contributed by atoms with Gasteiger partial charge in [0.2, 0.25) is 0 Å². The number of nitrogens with one attached hydrogen (secondary N) is 1. The summed E-state index contributed by atoms with van der Waals surface area (Å²) in [6, 6.07) is 7.74. The summed E-state index contributed by atoms with van der Waals surface area (Å²) in [6.07, 6.45) is 1.12. The molecule has 0 aliphatic carbocycles. The molecule has 2 rings (SSSR count). The van der Waals surface area contributed by atoms with Crippen LogP contribution in [-0.4, -0.2) is 24.3 Å². The lowest BCUT2D eigenvalue weighted by atomic mass is 10.2. The second-order valence-corrected chi connectivity index (χ2v) is 3.42. The molecule has 80 valence electrons. The maximum Gasteiger partial charge on any atom is 0.136 e. The van der Waals surface area contributed by atoms with E-state index in [2.05, 4.69) is 5.32 Å². The summed E-state index contributed by atoms with van der Waals surface area (Å²) in [5, 5.41) is 13.4. The highest BCUT2D eigenvalue weighted by molar-refractivity contribution is 5.90. The fourth-order valence-electron chi connectivity index (χ4n) is 1.43. The van der Waals surface area contributed by atoms with Gasteiger partial charge in [-0.3, -0.25) is 0 Å². The Morgan fingerprint density at radius 2 is 2.20 bits per heavy atom. The molecule has 1 atom stereocenters. The van der Waals surface area contributed by atoms with Crippen LogP contribution in [-0.2, 0) is 0 Å². The van der Waals surface area contributed by atoms with Crippen molar-refractivity contribution in [2.45, 2.75) is 6.10 Å². The predicted octanol–water partition coefficient (Wildman–Crippen LogP) is 1.16. The van der Waals surface area contributed by atoms with Gasteiger partial charge in [-0.25, -0.2) is 0 Å². The molecule has 1 unspecified atom stereocenters. The minimum atomic E-state index is -0.529. The number of fused-ring (bicyclic) bond motifs is 1. The van der Waals surface area contributed by atoms with Gasteiger partial charge in [0.1, 0.15) is 11.8 Å². The third kappa shape index (κ3) is 2.11. The molecule has 1 aromatic carbocycles. The standard InChI is InChI=1S/C11H14N2O2/c12-5-8(14)6-13-10-7-15-11-4-2-1-3-9(10)11/h1-4,7-8,13-14H,5-6,12H2. The van der Waals surface area contributed by atoms with E-state index in [1.807, 2.05) is 24.3 Å². The Labute approximate surface area is 87.7 Å². The zero-order valence-corrected chi connectivity index (χ0v) is 8.31. The van der Waals surface area contributed by atoms with E-state index in [9.17, 15) is 5.11 Å². The van der Waals surface area contributed by atoms with Crippen LogP contribution in [0.1, 0.15) is 0 Å². The van der Waals surface area contributed by atoms with Gasteiger partial charge in [-0.05, 0) is 12.1 Å². The van der Waals surface area contributed by atoms with E-state index in [1.54, 1.807) is 6.26 Å². The lowest BCUT2D eigenvalue weighted by molar-refractivity contribution is 0.196. The summed E-state index contributed by atoms with van der Waals surface area (Å²) in [5.41, 5.74) is 7.03. The van der Waals surface area contributed by atoms with Gasteiger partial charge in [0.15, 0.2) is 0 Å². The predicted molar refractivity (Wildman–Crippen MR) is 59.8 cm³/mol. The summed E-state index contributed by atoms with van der Waals surface area (Å²) in [4.78, 5) is 0. The van der Waals surface area contributed by atoms with Gasteiger partial charge in [-0.15, -0.1) is 0 Å². The Balaban J connectivity index is 2.14. The van der Waals surface area contributed by atoms with Crippen molar-refractivity contribution in [2.75, 3.05) is 18.4 Å². The molecule has 1 heterocycles. The van der Waals surface area contributed by atoms with Crippen LogP contribution in [0.3, 0.4) is 0 Å². The van der Waals surface area contributed by atoms with Gasteiger partial charge < -0.3 is 20.6 Å². The first-order valence-electron chi connectivity index (χ1n) is 4.89. The van der Waals surface area contributed by atoms with Crippen molar-refractivity contribution in [1.82, 2.24) is 0 Å². The second-order valence-electron chi connectivity index (χ2n) is 3.42. The monoisotopic (exact) mass is 206 g/mol. The van der Waals surface area contributed by atoms with Crippen molar-refractivity contribution in [1.29, 1.82) is 0 Å². The molecule has 4 nitrogen and oxygen atoms in total. The van der Waals surface area contributed by atoms with Gasteiger partial charge in [-0.2, -0.15) is 0 Å². The first-order valence-corrected chi connectivity index (χ1v) is 4.89. The lowest BCUT2D eigenvalue weighted by Crippen LogP contribution is -2.27. The normalized spacial score (nSPS) is 12.9. The Bertz CT molecular complexity index is 439. The average molecular weight is 206 g/mol. The van der Waals surface area contributed by atoms with Gasteiger partial charge in [0.25, 0.3) is 0 Å². The molecule has 0 bridgehead atoms. The average Bonchev–Trinajstić information content (AvgIpc) is 2.69. The molecule has 4 N–H and O–H groups in total. The number of benzene rings is 1. The number of nitrogens with two attached hydrogens (primary N) is 1. The summed E-state index contributed by atoms with van der Waals surface area (Å²) in [7, 11) is 0. The van der Waals surface area contributed by atoms with Crippen molar-refractivity contribution >= 4 is 16.7 Å². The van der Waals surface area contributed by atoms with Gasteiger partial charge in [0.05, 0.1) is 11.8 Å². The number of furan rings is 1. The number of hydrogen-bond donors (Lipinski definition) is 3. The molecule has 0 spiro atoms. The van der Waals surface area contributed by atoms with Crippen LogP contribution >= 0.6 is 0 Å². The summed E-state index contributed by atoms with van der Waals surface area (Å²) < 4.78 is 5.34. The van der Waals surface area contributed by atoms with Crippen LogP contribution in [0.15, 0.2) is 34.9 Å². The highest BCUT2D eigenvalue weighted by Gasteiger charge is 2.06. The third-order valence-electron chi connectivity index (χ3n) is 2.28. The van der Waals surface area contributed by atoms with E-state index < -0.39 is 6.10 Å². The molecule has 0 saturated heterocycles. The van der Waals surface area contributed by atoms with Crippen molar-refractivity contribution in [3.05, 3.63) is 30.5 Å². The lowest BCUT2D eigenvalue weighted by Gasteiger charge is -2.08. The quantitative estimate of drug-likeness (QED) is 0.702. The first-order chi connectivity index (χ1) is 7.31. The molecular formula is C11H14N2O2. The van der Waals surface area contributed by atoms with Crippen LogP contribution in [0.5, 0.6) is 0 Å².